The molecule has 0 bridgehead atoms. The Balaban J connectivity index is 1.78. The second kappa shape index (κ2) is 7.34. The van der Waals surface area contributed by atoms with Gasteiger partial charge in [0.05, 0.1) is 16.1 Å². The smallest absolute Gasteiger partial charge is 0.262 e. The molecule has 9 heteroatoms. The molecule has 4 rings (SSSR count). The zero-order chi connectivity index (χ0) is 21.5. The Kier molecular flexibility index (Phi) is 4.83. The van der Waals surface area contributed by atoms with Crippen LogP contribution in [0.1, 0.15) is 21.5 Å². The molecule has 152 valence electrons. The largest absolute Gasteiger partial charge is 0.345 e. The van der Waals surface area contributed by atoms with Crippen LogP contribution in [0.25, 0.3) is 11.0 Å². The van der Waals surface area contributed by atoms with Crippen molar-refractivity contribution in [1.82, 2.24) is 9.97 Å². The van der Waals surface area contributed by atoms with Crippen LogP contribution in [0, 0.1) is 18.6 Å². The topological polar surface area (TPSA) is 91.9 Å². The number of aryl methyl sites for hydroxylation is 1. The first-order chi connectivity index (χ1) is 14.3. The third-order valence-corrected chi connectivity index (χ3v) is 6.17. The molecule has 0 spiro atoms. The molecule has 0 saturated heterocycles. The van der Waals surface area contributed by atoms with Gasteiger partial charge in [-0.1, -0.05) is 18.2 Å². The molecule has 2 aromatic heterocycles. The monoisotopic (exact) mass is 427 g/mol. The summed E-state index contributed by atoms with van der Waals surface area (Å²) in [5, 5.41) is 0.396. The van der Waals surface area contributed by atoms with Crippen LogP contribution < -0.4 is 4.72 Å². The fourth-order valence-corrected chi connectivity index (χ4v) is 4.48. The number of H-pyrrole nitrogens is 1. The molecule has 2 aromatic carbocycles. The number of carbonyl (C=O) groups is 1. The van der Waals surface area contributed by atoms with Crippen LogP contribution >= 0.6 is 0 Å². The van der Waals surface area contributed by atoms with Crippen LogP contribution in [-0.2, 0) is 10.0 Å². The number of sulfonamides is 1. The van der Waals surface area contributed by atoms with Crippen LogP contribution in [0.3, 0.4) is 0 Å². The lowest BCUT2D eigenvalue weighted by molar-refractivity contribution is 0.103. The van der Waals surface area contributed by atoms with E-state index in [4.69, 9.17) is 0 Å². The number of aromatic nitrogens is 2. The van der Waals surface area contributed by atoms with Gasteiger partial charge in [-0.3, -0.25) is 9.52 Å². The molecular formula is C21H15F2N3O3S. The number of halogens is 2. The maximum atomic E-state index is 15.1. The van der Waals surface area contributed by atoms with Gasteiger partial charge >= 0.3 is 0 Å². The van der Waals surface area contributed by atoms with Gasteiger partial charge in [-0.2, -0.15) is 0 Å². The third kappa shape index (κ3) is 3.33. The van der Waals surface area contributed by atoms with E-state index in [0.717, 1.165) is 12.1 Å². The molecule has 2 N–H and O–H groups in total. The minimum Gasteiger partial charge on any atom is -0.345 e. The van der Waals surface area contributed by atoms with Crippen LogP contribution in [0.2, 0.25) is 0 Å². The molecule has 0 saturated carbocycles. The van der Waals surface area contributed by atoms with E-state index in [-0.39, 0.29) is 10.5 Å². The van der Waals surface area contributed by atoms with Crippen molar-refractivity contribution in [2.75, 3.05) is 4.72 Å². The number of nitrogens with one attached hydrogen (secondary N) is 2. The van der Waals surface area contributed by atoms with Gasteiger partial charge in [0.2, 0.25) is 5.78 Å². The molecule has 0 fully saturated rings. The Labute approximate surface area is 170 Å². The molecule has 0 aliphatic carbocycles. The number of aromatic amines is 1. The fraction of sp³-hybridized carbons (Fsp3) is 0.0476. The van der Waals surface area contributed by atoms with Crippen molar-refractivity contribution in [1.29, 1.82) is 0 Å². The molecule has 2 heterocycles. The van der Waals surface area contributed by atoms with Crippen LogP contribution in [0.15, 0.2) is 65.8 Å². The summed E-state index contributed by atoms with van der Waals surface area (Å²) in [5.41, 5.74) is -0.520. The van der Waals surface area contributed by atoms with E-state index < -0.39 is 38.7 Å². The normalized spacial score (nSPS) is 11.6. The lowest BCUT2D eigenvalue weighted by Gasteiger charge is -2.13. The number of rotatable bonds is 5. The van der Waals surface area contributed by atoms with Gasteiger partial charge in [-0.15, -0.1) is 0 Å². The summed E-state index contributed by atoms with van der Waals surface area (Å²) in [7, 11) is -4.15. The van der Waals surface area contributed by atoms with E-state index in [1.807, 2.05) is 0 Å². The number of ketones is 1. The van der Waals surface area contributed by atoms with E-state index in [9.17, 15) is 17.6 Å². The summed E-state index contributed by atoms with van der Waals surface area (Å²) in [6, 6.07) is 11.1. The highest BCUT2D eigenvalue weighted by Crippen LogP contribution is 2.28. The van der Waals surface area contributed by atoms with E-state index in [2.05, 4.69) is 14.7 Å². The zero-order valence-electron chi connectivity index (χ0n) is 15.6. The Morgan fingerprint density at radius 3 is 2.60 bits per heavy atom. The first-order valence-corrected chi connectivity index (χ1v) is 10.3. The number of pyridine rings is 1. The molecule has 30 heavy (non-hydrogen) atoms. The van der Waals surface area contributed by atoms with E-state index in [0.29, 0.717) is 16.6 Å². The number of nitrogens with zero attached hydrogens (tertiary/aromatic N) is 1. The Hall–Kier alpha value is -3.59. The van der Waals surface area contributed by atoms with Gasteiger partial charge in [-0.05, 0) is 42.8 Å². The fourth-order valence-electron chi connectivity index (χ4n) is 3.18. The summed E-state index contributed by atoms with van der Waals surface area (Å²) < 4.78 is 57.0. The van der Waals surface area contributed by atoms with Gasteiger partial charge in [0.15, 0.2) is 5.82 Å². The van der Waals surface area contributed by atoms with Crippen molar-refractivity contribution < 1.29 is 22.0 Å². The lowest BCUT2D eigenvalue weighted by atomic mass is 10.0. The summed E-state index contributed by atoms with van der Waals surface area (Å²) >= 11 is 0. The van der Waals surface area contributed by atoms with Crippen LogP contribution in [-0.4, -0.2) is 24.2 Å². The van der Waals surface area contributed by atoms with Crippen molar-refractivity contribution in [3.63, 3.8) is 0 Å². The molecule has 4 aromatic rings. The summed E-state index contributed by atoms with van der Waals surface area (Å²) in [6.07, 6.45) is 2.82. The molecule has 0 amide bonds. The van der Waals surface area contributed by atoms with Crippen molar-refractivity contribution >= 4 is 32.5 Å². The van der Waals surface area contributed by atoms with Gasteiger partial charge in [0, 0.05) is 23.3 Å². The average molecular weight is 427 g/mol. The van der Waals surface area contributed by atoms with Gasteiger partial charge in [0.25, 0.3) is 10.0 Å². The lowest BCUT2D eigenvalue weighted by Crippen LogP contribution is -2.17. The number of hydrogen-bond acceptors (Lipinski definition) is 4. The van der Waals surface area contributed by atoms with Gasteiger partial charge < -0.3 is 4.98 Å². The zero-order valence-corrected chi connectivity index (χ0v) is 16.4. The maximum absolute atomic E-state index is 15.1. The highest BCUT2D eigenvalue weighted by Gasteiger charge is 2.26. The highest BCUT2D eigenvalue weighted by atomic mass is 32.2. The standard InChI is InChI=1S/C21H15F2N3O3S/c1-12-5-2-3-7-17(12)30(28,29)26-16-9-8-15(22)18(19(16)23)20(27)14-11-25-21-13(14)6-4-10-24-21/h2-11,26H,1H3,(H,24,25). The van der Waals surface area contributed by atoms with Gasteiger partial charge in [-0.25, -0.2) is 22.2 Å². The third-order valence-electron chi connectivity index (χ3n) is 4.64. The van der Waals surface area contributed by atoms with Crippen molar-refractivity contribution in [2.45, 2.75) is 11.8 Å². The number of carbonyl (C=O) groups excluding carboxylic acids is 1. The average Bonchev–Trinajstić information content (AvgIpc) is 3.14. The predicted octanol–water partition coefficient (Wildman–Crippen LogP) is 4.18. The van der Waals surface area contributed by atoms with Crippen molar-refractivity contribution in [2.24, 2.45) is 0 Å². The number of fused-ring (bicyclic) bond motifs is 1. The van der Waals surface area contributed by atoms with Gasteiger partial charge in [0.1, 0.15) is 11.5 Å². The number of anilines is 1. The number of hydrogen-bond donors (Lipinski definition) is 2. The Morgan fingerprint density at radius 2 is 1.83 bits per heavy atom. The van der Waals surface area contributed by atoms with E-state index >= 15 is 4.39 Å². The molecular weight excluding hydrogens is 412 g/mol. The first-order valence-electron chi connectivity index (χ1n) is 8.83. The quantitative estimate of drug-likeness (QED) is 0.468. The van der Waals surface area contributed by atoms with Crippen LogP contribution in [0.5, 0.6) is 0 Å². The van der Waals surface area contributed by atoms with E-state index in [1.54, 1.807) is 31.2 Å². The molecule has 0 aliphatic rings. The Morgan fingerprint density at radius 1 is 1.07 bits per heavy atom. The molecule has 6 nitrogen and oxygen atoms in total. The summed E-state index contributed by atoms with van der Waals surface area (Å²) in [5.74, 6) is -3.33. The summed E-state index contributed by atoms with van der Waals surface area (Å²) in [6.45, 7) is 1.59. The minimum atomic E-state index is -4.15. The van der Waals surface area contributed by atoms with Crippen molar-refractivity contribution in [3.8, 4) is 0 Å². The molecule has 0 radical (unpaired) electrons. The number of benzene rings is 2. The summed E-state index contributed by atoms with van der Waals surface area (Å²) in [4.78, 5) is 19.7. The predicted molar refractivity (Wildman–Crippen MR) is 108 cm³/mol. The van der Waals surface area contributed by atoms with Crippen LogP contribution in [0.4, 0.5) is 14.5 Å². The maximum Gasteiger partial charge on any atom is 0.262 e. The van der Waals surface area contributed by atoms with E-state index in [1.165, 1.54) is 24.5 Å². The first kappa shape index (κ1) is 19.7. The SMILES string of the molecule is Cc1ccccc1S(=O)(=O)Nc1ccc(F)c(C(=O)c2c[nH]c3ncccc23)c1F. The molecule has 0 atom stereocenters. The molecule has 0 unspecified atom stereocenters. The minimum absolute atomic E-state index is 0.0230. The highest BCUT2D eigenvalue weighted by molar-refractivity contribution is 7.92. The molecule has 0 aliphatic heterocycles. The van der Waals surface area contributed by atoms with Crippen molar-refractivity contribution in [3.05, 3.63) is 89.2 Å². The second-order valence-electron chi connectivity index (χ2n) is 6.59. The Bertz CT molecular complexity index is 1400. The second-order valence-corrected chi connectivity index (χ2v) is 8.24.